The molecule has 6 rings (SSSR count). The number of fused-ring (bicyclic) bond motifs is 7. The number of Topliss-reactive ketones (excluding diaryl/α,β-unsaturated/α-hetero) is 1. The van der Waals surface area contributed by atoms with E-state index in [1.807, 2.05) is 0 Å². The van der Waals surface area contributed by atoms with Gasteiger partial charge in [0, 0.05) is 60.9 Å². The number of aromatic nitrogens is 1. The van der Waals surface area contributed by atoms with Gasteiger partial charge in [-0.25, -0.2) is 8.78 Å². The van der Waals surface area contributed by atoms with Gasteiger partial charge in [-0.3, -0.25) is 19.2 Å². The van der Waals surface area contributed by atoms with Gasteiger partial charge in [-0.2, -0.15) is 5.06 Å². The Morgan fingerprint density at radius 2 is 2.00 bits per heavy atom. The van der Waals surface area contributed by atoms with Crippen LogP contribution in [0.5, 0.6) is 0 Å². The highest BCUT2D eigenvalue weighted by Gasteiger charge is 2.79. The first-order valence-corrected chi connectivity index (χ1v) is 13.5. The van der Waals surface area contributed by atoms with E-state index in [1.54, 1.807) is 44.3 Å². The molecule has 1 aromatic heterocycles. The number of pyridine rings is 1. The molecule has 2 saturated carbocycles. The van der Waals surface area contributed by atoms with Gasteiger partial charge in [-0.15, -0.1) is 0 Å². The number of hydroxylamine groups is 2. The number of alkyl halides is 1. The predicted octanol–water partition coefficient (Wildman–Crippen LogP) is 2.33. The molecule has 0 radical (unpaired) electrons. The Morgan fingerprint density at radius 1 is 1.26 bits per heavy atom. The molecule has 4 aliphatic carbocycles. The number of aliphatic hydroxyl groups excluding tert-OH is 2. The number of rotatable bonds is 4. The van der Waals surface area contributed by atoms with E-state index in [4.69, 9.17) is 4.84 Å². The zero-order chi connectivity index (χ0) is 28.1. The Balaban J connectivity index is 1.41. The molecule has 10 heteroatoms. The molecule has 8 nitrogen and oxygen atoms in total. The van der Waals surface area contributed by atoms with Crippen molar-refractivity contribution in [2.75, 3.05) is 13.2 Å². The Morgan fingerprint density at radius 3 is 2.72 bits per heavy atom. The maximum atomic E-state index is 17.4. The molecular weight excluding hydrogens is 510 g/mol. The fourth-order valence-corrected chi connectivity index (χ4v) is 8.97. The summed E-state index contributed by atoms with van der Waals surface area (Å²) in [4.78, 5) is 44.7. The van der Waals surface area contributed by atoms with Crippen molar-refractivity contribution in [1.29, 1.82) is 0 Å². The Kier molecular flexibility index (Phi) is 5.81. The van der Waals surface area contributed by atoms with E-state index < -0.39 is 64.2 Å². The smallest absolute Gasteiger partial charge is 0.254 e. The van der Waals surface area contributed by atoms with Gasteiger partial charge in [0.05, 0.1) is 12.6 Å². The minimum atomic E-state index is -2.25. The van der Waals surface area contributed by atoms with Crippen LogP contribution in [0.2, 0.25) is 0 Å². The highest BCUT2D eigenvalue weighted by Crippen LogP contribution is 2.72. The molecule has 0 aromatic carbocycles. The minimum absolute atomic E-state index is 0.0857. The normalized spacial score (nSPS) is 43.2. The van der Waals surface area contributed by atoms with E-state index in [1.165, 1.54) is 16.7 Å². The summed E-state index contributed by atoms with van der Waals surface area (Å²) in [6.45, 7) is 2.89. The van der Waals surface area contributed by atoms with E-state index in [0.29, 0.717) is 12.0 Å². The van der Waals surface area contributed by atoms with Crippen LogP contribution in [0.1, 0.15) is 45.1 Å². The summed E-state index contributed by atoms with van der Waals surface area (Å²) in [6.07, 6.45) is 2.43. The Hall–Kier alpha value is -2.53. The number of halogens is 2. The number of carbonyl (C=O) groups is 2. The molecule has 2 heterocycles. The van der Waals surface area contributed by atoms with Crippen molar-refractivity contribution >= 4 is 11.6 Å². The zero-order valence-corrected chi connectivity index (χ0v) is 22.3. The second-order valence-electron chi connectivity index (χ2n) is 12.5. The molecule has 0 spiro atoms. The van der Waals surface area contributed by atoms with Gasteiger partial charge in [0.2, 0.25) is 0 Å². The minimum Gasteiger partial charge on any atom is -0.390 e. The lowest BCUT2D eigenvalue weighted by molar-refractivity contribution is -0.267. The van der Waals surface area contributed by atoms with Crippen LogP contribution in [0, 0.1) is 28.6 Å². The Bertz CT molecular complexity index is 1390. The van der Waals surface area contributed by atoms with Crippen molar-refractivity contribution < 1.29 is 33.4 Å². The van der Waals surface area contributed by atoms with E-state index >= 15 is 8.78 Å². The number of hydrogen-bond acceptors (Lipinski definition) is 7. The van der Waals surface area contributed by atoms with Gasteiger partial charge in [0.25, 0.3) is 5.56 Å². The molecule has 1 aromatic rings. The number of aryl methyl sites for hydroxylation is 1. The molecule has 39 heavy (non-hydrogen) atoms. The highest BCUT2D eigenvalue weighted by atomic mass is 19.1. The van der Waals surface area contributed by atoms with E-state index in [2.05, 4.69) is 0 Å². The molecule has 1 aliphatic heterocycles. The molecule has 1 saturated heterocycles. The van der Waals surface area contributed by atoms with Gasteiger partial charge >= 0.3 is 0 Å². The topological polar surface area (TPSA) is 109 Å². The fraction of sp³-hybridized carbons (Fsp3) is 0.621. The van der Waals surface area contributed by atoms with Crippen LogP contribution in [0.15, 0.2) is 46.7 Å². The number of aliphatic hydroxyl groups is 2. The highest BCUT2D eigenvalue weighted by molar-refractivity contribution is 5.94. The maximum Gasteiger partial charge on any atom is 0.254 e. The third kappa shape index (κ3) is 3.20. The average Bonchev–Trinajstić information content (AvgIpc) is 3.37. The molecule has 210 valence electrons. The molecule has 8 atom stereocenters. The number of carbonyl (C=O) groups excluding carboxylic acids is 2. The van der Waals surface area contributed by atoms with E-state index in [0.717, 1.165) is 0 Å². The lowest BCUT2D eigenvalue weighted by Gasteiger charge is -2.62. The van der Waals surface area contributed by atoms with Gasteiger partial charge in [-0.1, -0.05) is 19.1 Å². The number of ketones is 2. The lowest BCUT2D eigenvalue weighted by atomic mass is 9.45. The summed E-state index contributed by atoms with van der Waals surface area (Å²) in [6, 6.07) is 3.43. The SMILES string of the molecule is Cn1cccc(CN2C[C@@H]3C[C@H]4[C@@H]5CC(F)=C6CC(=O)C=C[C@]6(C)[C@@]5(F)[C@@H](O)C[C@]4(C)[C@]3(C(=O)CO)O2)c1=O. The van der Waals surface area contributed by atoms with Crippen molar-refractivity contribution in [3.63, 3.8) is 0 Å². The van der Waals surface area contributed by atoms with Crippen LogP contribution in [0.3, 0.4) is 0 Å². The van der Waals surface area contributed by atoms with E-state index in [-0.39, 0.29) is 49.3 Å². The summed E-state index contributed by atoms with van der Waals surface area (Å²) in [5.41, 5.74) is -6.07. The van der Waals surface area contributed by atoms with Crippen molar-refractivity contribution in [2.24, 2.45) is 35.6 Å². The molecule has 5 aliphatic rings. The fourth-order valence-electron chi connectivity index (χ4n) is 8.97. The predicted molar refractivity (Wildman–Crippen MR) is 135 cm³/mol. The largest absolute Gasteiger partial charge is 0.390 e. The monoisotopic (exact) mass is 544 g/mol. The van der Waals surface area contributed by atoms with Gasteiger partial charge in [0.15, 0.2) is 22.8 Å². The number of hydrogen-bond donors (Lipinski definition) is 2. The first kappa shape index (κ1) is 26.7. The summed E-state index contributed by atoms with van der Waals surface area (Å²) in [5, 5.41) is 23.2. The zero-order valence-electron chi connectivity index (χ0n) is 22.3. The van der Waals surface area contributed by atoms with Crippen molar-refractivity contribution in [3.05, 3.63) is 57.8 Å². The lowest BCUT2D eigenvalue weighted by Crippen LogP contribution is -2.69. The summed E-state index contributed by atoms with van der Waals surface area (Å²) in [7, 11) is 1.64. The van der Waals surface area contributed by atoms with Crippen LogP contribution < -0.4 is 5.56 Å². The maximum absolute atomic E-state index is 17.4. The standard InChI is InChI=1S/C29H34F2N2O6/c1-26-7-6-18(35)10-21(26)22(30)11-20-19-9-17-14-33(13-16-5-4-8-32(3)25(16)38)39-29(17,24(37)15-34)27(19,2)12-23(36)28(20,26)31/h4-8,17,19-20,23,34,36H,9-15H2,1-3H3/t17-,19-,20-,23-,26-,27-,28-,29-/m0/s1. The number of nitrogens with zero attached hydrogens (tertiary/aromatic N) is 2. The van der Waals surface area contributed by atoms with Crippen LogP contribution in [0.4, 0.5) is 8.78 Å². The van der Waals surface area contributed by atoms with Crippen LogP contribution in [-0.2, 0) is 28.0 Å². The molecule has 0 amide bonds. The Labute approximate surface area is 224 Å². The van der Waals surface area contributed by atoms with Gasteiger partial charge in [-0.05, 0) is 43.4 Å². The third-order valence-corrected chi connectivity index (χ3v) is 10.8. The van der Waals surface area contributed by atoms with Crippen LogP contribution >= 0.6 is 0 Å². The molecule has 0 unspecified atom stereocenters. The molecular formula is C29H34F2N2O6. The van der Waals surface area contributed by atoms with E-state index in [9.17, 15) is 24.6 Å². The molecule has 2 N–H and O–H groups in total. The average molecular weight is 545 g/mol. The molecule has 0 bridgehead atoms. The summed E-state index contributed by atoms with van der Waals surface area (Å²) < 4.78 is 34.5. The first-order valence-electron chi connectivity index (χ1n) is 13.5. The van der Waals surface area contributed by atoms with Crippen molar-refractivity contribution in [1.82, 2.24) is 9.63 Å². The first-order chi connectivity index (χ1) is 18.3. The summed E-state index contributed by atoms with van der Waals surface area (Å²) >= 11 is 0. The van der Waals surface area contributed by atoms with Crippen LogP contribution in [0.25, 0.3) is 0 Å². The third-order valence-electron chi connectivity index (χ3n) is 10.8. The van der Waals surface area contributed by atoms with Gasteiger partial charge < -0.3 is 14.8 Å². The van der Waals surface area contributed by atoms with Gasteiger partial charge in [0.1, 0.15) is 12.4 Å². The number of allylic oxidation sites excluding steroid dienone is 4. The summed E-state index contributed by atoms with van der Waals surface area (Å²) in [5.74, 6) is -3.37. The quantitative estimate of drug-likeness (QED) is 0.599. The van der Waals surface area contributed by atoms with Crippen molar-refractivity contribution in [3.8, 4) is 0 Å². The van der Waals surface area contributed by atoms with Crippen molar-refractivity contribution in [2.45, 2.75) is 63.4 Å². The molecule has 3 fully saturated rings. The van der Waals surface area contributed by atoms with Crippen LogP contribution in [-0.4, -0.2) is 61.9 Å². The second-order valence-corrected chi connectivity index (χ2v) is 12.5. The second kappa shape index (κ2) is 8.49.